The molecule has 0 unspecified atom stereocenters. The molecule has 1 amide bonds. The number of nitrogens with two attached hydrogens (primary N) is 1. The number of rotatable bonds is 9. The Hall–Kier alpha value is -3.70. The molecule has 0 radical (unpaired) electrons. The largest absolute Gasteiger partial charge is 0.486 e. The van der Waals surface area contributed by atoms with E-state index in [0.29, 0.717) is 16.7 Å². The molecule has 0 aromatic heterocycles. The number of sulfonamides is 1. The molecule has 1 aliphatic rings. The van der Waals surface area contributed by atoms with Gasteiger partial charge >= 0.3 is 6.61 Å². The molecule has 1 atom stereocenters. The van der Waals surface area contributed by atoms with Gasteiger partial charge in [0, 0.05) is 18.1 Å². The third-order valence-corrected chi connectivity index (χ3v) is 8.43. The predicted octanol–water partition coefficient (Wildman–Crippen LogP) is 6.17. The van der Waals surface area contributed by atoms with Crippen molar-refractivity contribution in [2.24, 2.45) is 5.73 Å². The number of anilines is 1. The van der Waals surface area contributed by atoms with Crippen molar-refractivity contribution in [3.05, 3.63) is 82.1 Å². The highest BCUT2D eigenvalue weighted by atomic mass is 35.5. The highest BCUT2D eigenvalue weighted by Crippen LogP contribution is 2.41. The molecule has 0 spiro atoms. The average molecular weight is 595 g/mol. The van der Waals surface area contributed by atoms with Gasteiger partial charge in [-0.15, -0.1) is 0 Å². The molecule has 12 heteroatoms. The molecular formula is C28H26ClF3N2O5S. The number of alkyl halides is 2. The Morgan fingerprint density at radius 1 is 1.23 bits per heavy atom. The number of nitrogens with zero attached hydrogens (tertiary/aromatic N) is 1. The number of hydrogen-bond acceptors (Lipinski definition) is 5. The van der Waals surface area contributed by atoms with E-state index >= 15 is 0 Å². The fourth-order valence-electron chi connectivity index (χ4n) is 4.43. The van der Waals surface area contributed by atoms with Crippen LogP contribution in [0.1, 0.15) is 36.5 Å². The number of primary amides is 1. The minimum atomic E-state index is -4.32. The summed E-state index contributed by atoms with van der Waals surface area (Å²) in [5.74, 6) is -1.16. The van der Waals surface area contributed by atoms with E-state index < -0.39 is 34.5 Å². The molecule has 2 N–H and O–H groups in total. The average Bonchev–Trinajstić information content (AvgIpc) is 2.87. The summed E-state index contributed by atoms with van der Waals surface area (Å²) >= 11 is 6.23. The quantitative estimate of drug-likeness (QED) is 0.299. The van der Waals surface area contributed by atoms with Gasteiger partial charge in [-0.1, -0.05) is 29.8 Å². The summed E-state index contributed by atoms with van der Waals surface area (Å²) in [5.41, 5.74) is 7.46. The lowest BCUT2D eigenvalue weighted by Gasteiger charge is -2.36. The van der Waals surface area contributed by atoms with Crippen molar-refractivity contribution < 1.29 is 35.9 Å². The molecule has 0 saturated carbocycles. The van der Waals surface area contributed by atoms with E-state index in [2.05, 4.69) is 4.74 Å². The molecule has 3 aromatic carbocycles. The Balaban J connectivity index is 1.82. The fraction of sp³-hybridized carbons (Fsp3) is 0.250. The van der Waals surface area contributed by atoms with Crippen molar-refractivity contribution in [2.75, 3.05) is 10.8 Å². The summed E-state index contributed by atoms with van der Waals surface area (Å²) in [7, 11) is -4.32. The molecule has 1 heterocycles. The summed E-state index contributed by atoms with van der Waals surface area (Å²) in [6, 6.07) is 12.4. The smallest absolute Gasteiger partial charge is 0.387 e. The lowest BCUT2D eigenvalue weighted by Crippen LogP contribution is -2.44. The first-order valence-electron chi connectivity index (χ1n) is 12.2. The van der Waals surface area contributed by atoms with E-state index in [9.17, 15) is 26.4 Å². The second kappa shape index (κ2) is 11.8. The first-order chi connectivity index (χ1) is 18.9. The first kappa shape index (κ1) is 29.3. The van der Waals surface area contributed by atoms with Crippen LogP contribution in [-0.4, -0.2) is 33.6 Å². The number of aryl methyl sites for hydroxylation is 1. The summed E-state index contributed by atoms with van der Waals surface area (Å²) in [5, 5.41) is 0.222. The second-order valence-corrected chi connectivity index (χ2v) is 11.5. The van der Waals surface area contributed by atoms with Crippen LogP contribution in [0, 0.1) is 12.7 Å². The number of carbonyl (C=O) groups is 1. The zero-order valence-electron chi connectivity index (χ0n) is 21.5. The zero-order chi connectivity index (χ0) is 29.2. The number of halogens is 4. The van der Waals surface area contributed by atoms with Gasteiger partial charge in [-0.3, -0.25) is 9.10 Å². The summed E-state index contributed by atoms with van der Waals surface area (Å²) in [6.45, 7) is 0.154. The van der Waals surface area contributed by atoms with Crippen LogP contribution in [0.15, 0.2) is 59.5 Å². The van der Waals surface area contributed by atoms with Gasteiger partial charge in [0.1, 0.15) is 23.4 Å². The van der Waals surface area contributed by atoms with Crippen LogP contribution >= 0.6 is 11.6 Å². The van der Waals surface area contributed by atoms with Crippen molar-refractivity contribution in [1.29, 1.82) is 0 Å². The van der Waals surface area contributed by atoms with Gasteiger partial charge < -0.3 is 15.2 Å². The van der Waals surface area contributed by atoms with Gasteiger partial charge in [-0.25, -0.2) is 12.8 Å². The maximum Gasteiger partial charge on any atom is 0.387 e. The SMILES string of the molecule is C/C(=C\c1cc2c(cc1C)O[C@@H](CCC(N)=O)CN2S(=O)(=O)c1cccc(OC(F)F)c1)c1c(F)cccc1Cl. The zero-order valence-corrected chi connectivity index (χ0v) is 23.1. The molecular weight excluding hydrogens is 569 g/mol. The van der Waals surface area contributed by atoms with Crippen LogP contribution in [0.5, 0.6) is 11.5 Å². The second-order valence-electron chi connectivity index (χ2n) is 9.23. The number of amides is 1. The maximum atomic E-state index is 14.5. The Morgan fingerprint density at radius 2 is 1.95 bits per heavy atom. The van der Waals surface area contributed by atoms with Crippen molar-refractivity contribution in [3.63, 3.8) is 0 Å². The Labute approximate surface area is 235 Å². The van der Waals surface area contributed by atoms with Crippen LogP contribution in [0.2, 0.25) is 5.02 Å². The summed E-state index contributed by atoms with van der Waals surface area (Å²) < 4.78 is 79.4. The molecule has 1 aliphatic heterocycles. The van der Waals surface area contributed by atoms with Crippen LogP contribution in [0.3, 0.4) is 0 Å². The lowest BCUT2D eigenvalue weighted by atomic mass is 9.99. The third-order valence-electron chi connectivity index (χ3n) is 6.34. The van der Waals surface area contributed by atoms with E-state index in [0.717, 1.165) is 10.4 Å². The lowest BCUT2D eigenvalue weighted by molar-refractivity contribution is -0.118. The van der Waals surface area contributed by atoms with Gasteiger partial charge in [-0.05, 0) is 73.4 Å². The van der Waals surface area contributed by atoms with E-state index in [1.165, 1.54) is 30.3 Å². The molecule has 3 aromatic rings. The molecule has 40 heavy (non-hydrogen) atoms. The molecule has 0 saturated heterocycles. The normalized spacial score (nSPS) is 15.5. The number of benzene rings is 3. The number of hydrogen-bond donors (Lipinski definition) is 1. The maximum absolute atomic E-state index is 14.5. The van der Waals surface area contributed by atoms with Crippen LogP contribution in [0.25, 0.3) is 11.6 Å². The predicted molar refractivity (Wildman–Crippen MR) is 147 cm³/mol. The summed E-state index contributed by atoms with van der Waals surface area (Å²) in [6.07, 6.45) is 1.09. The standard InChI is InChI=1S/C28H26ClF3N2O5S/c1-16-12-25-24(13-18(16)11-17(2)27-22(29)7-4-8-23(27)30)34(15-20(38-25)9-10-26(33)35)40(36,37)21-6-3-5-19(14-21)39-28(31)32/h3-8,11-14,20,28H,9-10,15H2,1-2H3,(H2,33,35)/b17-11+/t20-/m0/s1. The third kappa shape index (κ3) is 6.37. The minimum absolute atomic E-state index is 0.0337. The topological polar surface area (TPSA) is 98.9 Å². The monoisotopic (exact) mass is 594 g/mol. The summed E-state index contributed by atoms with van der Waals surface area (Å²) in [4.78, 5) is 11.1. The molecule has 4 rings (SSSR count). The molecule has 0 fully saturated rings. The van der Waals surface area contributed by atoms with Gasteiger partial charge in [0.15, 0.2) is 0 Å². The molecule has 7 nitrogen and oxygen atoms in total. The minimum Gasteiger partial charge on any atom is -0.486 e. The van der Waals surface area contributed by atoms with Gasteiger partial charge in [0.05, 0.1) is 22.2 Å². The fourth-order valence-corrected chi connectivity index (χ4v) is 6.28. The van der Waals surface area contributed by atoms with E-state index in [1.54, 1.807) is 38.1 Å². The van der Waals surface area contributed by atoms with Crippen molar-refractivity contribution in [1.82, 2.24) is 0 Å². The number of carbonyl (C=O) groups excluding carboxylic acids is 1. The molecule has 0 bridgehead atoms. The molecule has 212 valence electrons. The number of allylic oxidation sites excluding steroid dienone is 1. The van der Waals surface area contributed by atoms with Crippen molar-refractivity contribution >= 4 is 44.9 Å². The van der Waals surface area contributed by atoms with Crippen molar-refractivity contribution in [2.45, 2.75) is 44.3 Å². The van der Waals surface area contributed by atoms with Crippen LogP contribution in [-0.2, 0) is 14.8 Å². The van der Waals surface area contributed by atoms with Crippen LogP contribution in [0.4, 0.5) is 18.9 Å². The Morgan fingerprint density at radius 3 is 2.62 bits per heavy atom. The van der Waals surface area contributed by atoms with E-state index in [-0.39, 0.29) is 52.1 Å². The highest BCUT2D eigenvalue weighted by Gasteiger charge is 2.35. The molecule has 0 aliphatic carbocycles. The first-order valence-corrected chi connectivity index (χ1v) is 14.0. The van der Waals surface area contributed by atoms with Gasteiger partial charge in [-0.2, -0.15) is 8.78 Å². The number of fused-ring (bicyclic) bond motifs is 1. The number of ether oxygens (including phenoxy) is 2. The van der Waals surface area contributed by atoms with Gasteiger partial charge in [0.25, 0.3) is 10.0 Å². The Bertz CT molecular complexity index is 1560. The van der Waals surface area contributed by atoms with Crippen LogP contribution < -0.4 is 19.5 Å². The van der Waals surface area contributed by atoms with E-state index in [4.69, 9.17) is 22.1 Å². The van der Waals surface area contributed by atoms with Crippen molar-refractivity contribution in [3.8, 4) is 11.5 Å². The highest BCUT2D eigenvalue weighted by molar-refractivity contribution is 7.92. The van der Waals surface area contributed by atoms with Gasteiger partial charge in [0.2, 0.25) is 5.91 Å². The Kier molecular flexibility index (Phi) is 8.65. The van der Waals surface area contributed by atoms with E-state index in [1.807, 2.05) is 0 Å².